The Balaban J connectivity index is 1.49. The molecule has 0 spiro atoms. The van der Waals surface area contributed by atoms with Gasteiger partial charge in [-0.05, 0) is 30.0 Å². The summed E-state index contributed by atoms with van der Waals surface area (Å²) in [7, 11) is 0. The van der Waals surface area contributed by atoms with Crippen LogP contribution in [0.4, 0.5) is 0 Å². The van der Waals surface area contributed by atoms with Gasteiger partial charge in [0, 0.05) is 17.9 Å². The summed E-state index contributed by atoms with van der Waals surface area (Å²) in [5, 5.41) is 0. The molecule has 0 saturated carbocycles. The van der Waals surface area contributed by atoms with Gasteiger partial charge in [0.15, 0.2) is 0 Å². The van der Waals surface area contributed by atoms with Gasteiger partial charge in [-0.15, -0.1) is 0 Å². The summed E-state index contributed by atoms with van der Waals surface area (Å²) < 4.78 is 22.9. The van der Waals surface area contributed by atoms with Crippen molar-refractivity contribution in [1.29, 1.82) is 0 Å². The number of ether oxygens (including phenoxy) is 4. The molecule has 0 radical (unpaired) electrons. The molecule has 0 aromatic heterocycles. The number of fused-ring (bicyclic) bond motifs is 1. The van der Waals surface area contributed by atoms with Crippen LogP contribution in [0.5, 0.6) is 11.5 Å². The average Bonchev–Trinajstić information content (AvgIpc) is 3.04. The number of hydrogen-bond acceptors (Lipinski definition) is 6. The molecule has 2 aromatic carbocycles. The molecule has 6 heteroatoms. The van der Waals surface area contributed by atoms with E-state index in [2.05, 4.69) is 0 Å². The lowest BCUT2D eigenvalue weighted by molar-refractivity contribution is -0.178. The number of esters is 2. The van der Waals surface area contributed by atoms with Gasteiger partial charge in [0.1, 0.15) is 24.7 Å². The first-order valence-corrected chi connectivity index (χ1v) is 10.7. The maximum atomic E-state index is 13.2. The van der Waals surface area contributed by atoms with Crippen LogP contribution in [0, 0.1) is 5.41 Å². The normalized spacial score (nSPS) is 24.0. The lowest BCUT2D eigenvalue weighted by atomic mass is 9.87. The van der Waals surface area contributed by atoms with Crippen molar-refractivity contribution in [3.05, 3.63) is 59.7 Å². The van der Waals surface area contributed by atoms with Gasteiger partial charge in [-0.1, -0.05) is 57.2 Å². The maximum Gasteiger partial charge on any atom is 0.351 e. The zero-order valence-electron chi connectivity index (χ0n) is 18.2. The van der Waals surface area contributed by atoms with Crippen LogP contribution in [0.3, 0.4) is 0 Å². The molecule has 4 rings (SSSR count). The van der Waals surface area contributed by atoms with E-state index in [0.717, 1.165) is 11.1 Å². The number of cyclic esters (lactones) is 1. The van der Waals surface area contributed by atoms with Crippen molar-refractivity contribution >= 4 is 11.9 Å². The summed E-state index contributed by atoms with van der Waals surface area (Å²) in [6.07, 6.45) is 0.675. The minimum atomic E-state index is -1.13. The summed E-state index contributed by atoms with van der Waals surface area (Å²) >= 11 is 0. The van der Waals surface area contributed by atoms with E-state index in [1.54, 1.807) is 0 Å². The highest BCUT2D eigenvalue weighted by Gasteiger charge is 2.51. The summed E-state index contributed by atoms with van der Waals surface area (Å²) in [4.78, 5) is 25.2. The number of benzene rings is 2. The van der Waals surface area contributed by atoms with E-state index in [-0.39, 0.29) is 6.61 Å². The quantitative estimate of drug-likeness (QED) is 0.646. The van der Waals surface area contributed by atoms with Crippen molar-refractivity contribution in [2.24, 2.45) is 5.41 Å². The molecule has 6 nitrogen and oxygen atoms in total. The third kappa shape index (κ3) is 4.24. The van der Waals surface area contributed by atoms with Crippen LogP contribution in [-0.2, 0) is 32.1 Å². The number of hydrogen-bond donors (Lipinski definition) is 0. The Morgan fingerprint density at radius 1 is 1.16 bits per heavy atom. The van der Waals surface area contributed by atoms with Gasteiger partial charge in [-0.25, -0.2) is 9.59 Å². The number of carbonyl (C=O) groups excluding carboxylic acids is 2. The Morgan fingerprint density at radius 3 is 2.61 bits per heavy atom. The molecule has 2 unspecified atom stereocenters. The summed E-state index contributed by atoms with van der Waals surface area (Å²) in [6.45, 7) is 6.26. The van der Waals surface area contributed by atoms with Crippen LogP contribution in [0.2, 0.25) is 0 Å². The van der Waals surface area contributed by atoms with E-state index in [4.69, 9.17) is 18.9 Å². The Bertz CT molecular complexity index is 967. The third-order valence-corrected chi connectivity index (χ3v) is 6.07. The monoisotopic (exact) mass is 424 g/mol. The first-order valence-electron chi connectivity index (χ1n) is 10.7. The van der Waals surface area contributed by atoms with Crippen LogP contribution in [0.25, 0.3) is 0 Å². The Morgan fingerprint density at radius 2 is 1.94 bits per heavy atom. The third-order valence-electron chi connectivity index (χ3n) is 6.07. The van der Waals surface area contributed by atoms with Crippen molar-refractivity contribution in [3.8, 4) is 11.5 Å². The number of rotatable bonds is 6. The first-order chi connectivity index (χ1) is 14.8. The fourth-order valence-corrected chi connectivity index (χ4v) is 3.95. The second-order valence-electron chi connectivity index (χ2n) is 8.88. The molecule has 2 aromatic rings. The lowest BCUT2D eigenvalue weighted by Crippen LogP contribution is -2.50. The molecule has 31 heavy (non-hydrogen) atoms. The van der Waals surface area contributed by atoms with Crippen molar-refractivity contribution in [3.63, 3.8) is 0 Å². The van der Waals surface area contributed by atoms with Gasteiger partial charge < -0.3 is 18.9 Å². The molecule has 0 aliphatic carbocycles. The SMILES string of the molecule is CCC1(C(=O)OC2C(=O)OCC2(C)C)CCc2ccc(OCc3ccccc3)cc2O1. The molecule has 2 heterocycles. The Kier molecular flexibility index (Phi) is 5.65. The smallest absolute Gasteiger partial charge is 0.351 e. The zero-order chi connectivity index (χ0) is 22.1. The highest BCUT2D eigenvalue weighted by Crippen LogP contribution is 2.40. The van der Waals surface area contributed by atoms with E-state index < -0.39 is 29.1 Å². The molecule has 0 N–H and O–H groups in total. The van der Waals surface area contributed by atoms with Gasteiger partial charge in [0.25, 0.3) is 0 Å². The second-order valence-corrected chi connectivity index (χ2v) is 8.88. The van der Waals surface area contributed by atoms with Gasteiger partial charge in [0.2, 0.25) is 11.7 Å². The van der Waals surface area contributed by atoms with E-state index in [0.29, 0.717) is 37.4 Å². The molecule has 0 amide bonds. The molecule has 1 saturated heterocycles. The number of aryl methyl sites for hydroxylation is 1. The summed E-state index contributed by atoms with van der Waals surface area (Å²) in [5.41, 5.74) is 0.389. The lowest BCUT2D eigenvalue weighted by Gasteiger charge is -2.37. The highest BCUT2D eigenvalue weighted by molar-refractivity contribution is 5.86. The van der Waals surface area contributed by atoms with Crippen molar-refractivity contribution in [2.45, 2.75) is 58.3 Å². The van der Waals surface area contributed by atoms with Crippen LogP contribution in [-0.4, -0.2) is 30.3 Å². The second kappa shape index (κ2) is 8.25. The molecule has 2 atom stereocenters. The van der Waals surface area contributed by atoms with Gasteiger partial charge in [-0.2, -0.15) is 0 Å². The van der Waals surface area contributed by atoms with E-state index in [1.807, 2.05) is 69.3 Å². The molecule has 1 fully saturated rings. The fourth-order valence-electron chi connectivity index (χ4n) is 3.95. The largest absolute Gasteiger partial charge is 0.489 e. The standard InChI is InChI=1S/C25H28O6/c1-4-25(23(27)30-21-22(26)29-16-24(21,2)3)13-12-18-10-11-19(14-20(18)31-25)28-15-17-8-6-5-7-9-17/h5-11,14,21H,4,12-13,15-16H2,1-3H3. The van der Waals surface area contributed by atoms with Gasteiger partial charge in [-0.3, -0.25) is 0 Å². The van der Waals surface area contributed by atoms with Crippen LogP contribution < -0.4 is 9.47 Å². The highest BCUT2D eigenvalue weighted by atomic mass is 16.6. The summed E-state index contributed by atoms with van der Waals surface area (Å²) in [5.74, 6) is 0.262. The predicted molar refractivity (Wildman–Crippen MR) is 114 cm³/mol. The first kappa shape index (κ1) is 21.2. The molecular weight excluding hydrogens is 396 g/mol. The van der Waals surface area contributed by atoms with E-state index >= 15 is 0 Å². The molecule has 0 bridgehead atoms. The minimum Gasteiger partial charge on any atom is -0.489 e. The van der Waals surface area contributed by atoms with Crippen LogP contribution in [0.1, 0.15) is 44.7 Å². The maximum absolute atomic E-state index is 13.2. The van der Waals surface area contributed by atoms with E-state index in [9.17, 15) is 9.59 Å². The minimum absolute atomic E-state index is 0.231. The average molecular weight is 424 g/mol. The fraction of sp³-hybridized carbons (Fsp3) is 0.440. The van der Waals surface area contributed by atoms with Gasteiger partial charge >= 0.3 is 11.9 Å². The van der Waals surface area contributed by atoms with Crippen molar-refractivity contribution in [1.82, 2.24) is 0 Å². The molecule has 2 aliphatic heterocycles. The predicted octanol–water partition coefficient (Wildman–Crippen LogP) is 4.23. The van der Waals surface area contributed by atoms with Crippen molar-refractivity contribution in [2.75, 3.05) is 6.61 Å². The topological polar surface area (TPSA) is 71.1 Å². The summed E-state index contributed by atoms with van der Waals surface area (Å²) in [6, 6.07) is 15.6. The zero-order valence-corrected chi connectivity index (χ0v) is 18.2. The number of carbonyl (C=O) groups is 2. The van der Waals surface area contributed by atoms with Crippen LogP contribution in [0.15, 0.2) is 48.5 Å². The van der Waals surface area contributed by atoms with Crippen molar-refractivity contribution < 1.29 is 28.5 Å². The molecular formula is C25H28O6. The Labute approximate surface area is 182 Å². The van der Waals surface area contributed by atoms with E-state index in [1.165, 1.54) is 0 Å². The van der Waals surface area contributed by atoms with Gasteiger partial charge in [0.05, 0.1) is 0 Å². The molecule has 164 valence electrons. The Hall–Kier alpha value is -3.02. The van der Waals surface area contributed by atoms with Crippen LogP contribution >= 0.6 is 0 Å². The molecule has 2 aliphatic rings.